The maximum atomic E-state index is 3.58. The molecule has 0 aromatic carbocycles. The Hall–Kier alpha value is -0.0800. The molecular formula is C10H22N2. The molecule has 2 heteroatoms. The SMILES string of the molecule is CCC1CN(CC)C(C)(C)CN1. The average Bonchev–Trinajstić information content (AvgIpc) is 2.04. The summed E-state index contributed by atoms with van der Waals surface area (Å²) < 4.78 is 0. The van der Waals surface area contributed by atoms with Gasteiger partial charge in [-0.2, -0.15) is 0 Å². The molecule has 0 spiro atoms. The summed E-state index contributed by atoms with van der Waals surface area (Å²) in [7, 11) is 0. The van der Waals surface area contributed by atoms with Crippen molar-refractivity contribution in [2.24, 2.45) is 0 Å². The second-order valence-electron chi connectivity index (χ2n) is 4.34. The van der Waals surface area contributed by atoms with Crippen molar-refractivity contribution >= 4 is 0 Å². The maximum Gasteiger partial charge on any atom is 0.0278 e. The van der Waals surface area contributed by atoms with E-state index in [1.165, 1.54) is 19.5 Å². The Kier molecular flexibility index (Phi) is 3.13. The molecule has 72 valence electrons. The first-order valence-electron chi connectivity index (χ1n) is 5.08. The van der Waals surface area contributed by atoms with Crippen molar-refractivity contribution in [3.8, 4) is 0 Å². The number of likely N-dealkylation sites (N-methyl/N-ethyl adjacent to an activating group) is 1. The van der Waals surface area contributed by atoms with E-state index in [1.54, 1.807) is 0 Å². The van der Waals surface area contributed by atoms with E-state index in [1.807, 2.05) is 0 Å². The molecular weight excluding hydrogens is 148 g/mol. The van der Waals surface area contributed by atoms with E-state index in [2.05, 4.69) is 37.9 Å². The van der Waals surface area contributed by atoms with Gasteiger partial charge in [0, 0.05) is 24.7 Å². The summed E-state index contributed by atoms with van der Waals surface area (Å²) in [5.41, 5.74) is 0.348. The summed E-state index contributed by atoms with van der Waals surface area (Å²) in [4.78, 5) is 2.57. The van der Waals surface area contributed by atoms with Gasteiger partial charge in [0.25, 0.3) is 0 Å². The predicted molar refractivity (Wildman–Crippen MR) is 53.4 cm³/mol. The van der Waals surface area contributed by atoms with Crippen LogP contribution in [-0.2, 0) is 0 Å². The van der Waals surface area contributed by atoms with Gasteiger partial charge in [0.15, 0.2) is 0 Å². The Morgan fingerprint density at radius 1 is 1.42 bits per heavy atom. The molecule has 12 heavy (non-hydrogen) atoms. The van der Waals surface area contributed by atoms with Gasteiger partial charge in [-0.1, -0.05) is 13.8 Å². The van der Waals surface area contributed by atoms with Crippen LogP contribution in [0.4, 0.5) is 0 Å². The number of hydrogen-bond acceptors (Lipinski definition) is 2. The minimum atomic E-state index is 0.348. The average molecular weight is 170 g/mol. The fourth-order valence-electron chi connectivity index (χ4n) is 1.91. The van der Waals surface area contributed by atoms with Crippen LogP contribution in [-0.4, -0.2) is 36.1 Å². The Balaban J connectivity index is 2.54. The van der Waals surface area contributed by atoms with Crippen LogP contribution in [0.1, 0.15) is 34.1 Å². The quantitative estimate of drug-likeness (QED) is 0.675. The summed E-state index contributed by atoms with van der Waals surface area (Å²) in [6.45, 7) is 12.6. The van der Waals surface area contributed by atoms with E-state index < -0.39 is 0 Å². The molecule has 1 fully saturated rings. The van der Waals surface area contributed by atoms with Gasteiger partial charge < -0.3 is 5.32 Å². The number of nitrogens with zero attached hydrogens (tertiary/aromatic N) is 1. The molecule has 1 rings (SSSR count). The molecule has 0 aliphatic carbocycles. The third-order valence-corrected chi connectivity index (χ3v) is 2.99. The molecule has 1 saturated heterocycles. The fourth-order valence-corrected chi connectivity index (χ4v) is 1.91. The molecule has 0 saturated carbocycles. The van der Waals surface area contributed by atoms with Gasteiger partial charge in [0.2, 0.25) is 0 Å². The highest BCUT2D eigenvalue weighted by Gasteiger charge is 2.31. The summed E-state index contributed by atoms with van der Waals surface area (Å²) >= 11 is 0. The van der Waals surface area contributed by atoms with Crippen LogP contribution < -0.4 is 5.32 Å². The van der Waals surface area contributed by atoms with Crippen LogP contribution in [0.5, 0.6) is 0 Å². The normalized spacial score (nSPS) is 30.5. The largest absolute Gasteiger partial charge is 0.311 e. The van der Waals surface area contributed by atoms with Gasteiger partial charge in [-0.15, -0.1) is 0 Å². The Bertz CT molecular complexity index is 143. The Morgan fingerprint density at radius 3 is 2.58 bits per heavy atom. The summed E-state index contributed by atoms with van der Waals surface area (Å²) in [6.07, 6.45) is 1.24. The van der Waals surface area contributed by atoms with Gasteiger partial charge in [-0.05, 0) is 26.8 Å². The maximum absolute atomic E-state index is 3.58. The zero-order chi connectivity index (χ0) is 9.19. The lowest BCUT2D eigenvalue weighted by molar-refractivity contribution is 0.0709. The summed E-state index contributed by atoms with van der Waals surface area (Å²) in [5, 5.41) is 3.58. The highest BCUT2D eigenvalue weighted by atomic mass is 15.3. The van der Waals surface area contributed by atoms with Gasteiger partial charge in [-0.25, -0.2) is 0 Å². The van der Waals surface area contributed by atoms with E-state index in [-0.39, 0.29) is 0 Å². The van der Waals surface area contributed by atoms with Gasteiger partial charge in [0.1, 0.15) is 0 Å². The van der Waals surface area contributed by atoms with Crippen LogP contribution in [0.2, 0.25) is 0 Å². The van der Waals surface area contributed by atoms with Crippen LogP contribution in [0.3, 0.4) is 0 Å². The monoisotopic (exact) mass is 170 g/mol. The highest BCUT2D eigenvalue weighted by Crippen LogP contribution is 2.18. The molecule has 1 atom stereocenters. The number of hydrogen-bond donors (Lipinski definition) is 1. The number of nitrogens with one attached hydrogen (secondary N) is 1. The lowest BCUT2D eigenvalue weighted by atomic mass is 9.97. The molecule has 0 radical (unpaired) electrons. The van der Waals surface area contributed by atoms with Crippen LogP contribution in [0.25, 0.3) is 0 Å². The molecule has 1 N–H and O–H groups in total. The standard InChI is InChI=1S/C10H22N2/c1-5-9-7-12(6-2)10(3,4)8-11-9/h9,11H,5-8H2,1-4H3. The molecule has 0 aromatic rings. The smallest absolute Gasteiger partial charge is 0.0278 e. The van der Waals surface area contributed by atoms with Crippen molar-refractivity contribution in [2.45, 2.75) is 45.7 Å². The van der Waals surface area contributed by atoms with Gasteiger partial charge >= 0.3 is 0 Å². The number of piperazine rings is 1. The van der Waals surface area contributed by atoms with E-state index in [0.29, 0.717) is 11.6 Å². The summed E-state index contributed by atoms with van der Waals surface area (Å²) in [5.74, 6) is 0. The summed E-state index contributed by atoms with van der Waals surface area (Å²) in [6, 6.07) is 0.706. The van der Waals surface area contributed by atoms with E-state index in [9.17, 15) is 0 Å². The minimum absolute atomic E-state index is 0.348. The molecule has 1 unspecified atom stereocenters. The molecule has 2 nitrogen and oxygen atoms in total. The third kappa shape index (κ3) is 1.99. The minimum Gasteiger partial charge on any atom is -0.311 e. The first-order chi connectivity index (χ1) is 5.60. The topological polar surface area (TPSA) is 15.3 Å². The number of rotatable bonds is 2. The van der Waals surface area contributed by atoms with Crippen molar-refractivity contribution < 1.29 is 0 Å². The first kappa shape index (κ1) is 10.0. The van der Waals surface area contributed by atoms with Crippen molar-refractivity contribution in [1.82, 2.24) is 10.2 Å². The van der Waals surface area contributed by atoms with Crippen molar-refractivity contribution in [3.05, 3.63) is 0 Å². The van der Waals surface area contributed by atoms with Crippen molar-refractivity contribution in [3.63, 3.8) is 0 Å². The predicted octanol–water partition coefficient (Wildman–Crippen LogP) is 1.47. The third-order valence-electron chi connectivity index (χ3n) is 2.99. The van der Waals surface area contributed by atoms with E-state index >= 15 is 0 Å². The van der Waals surface area contributed by atoms with Crippen LogP contribution in [0, 0.1) is 0 Å². The Morgan fingerprint density at radius 2 is 2.08 bits per heavy atom. The van der Waals surface area contributed by atoms with Crippen LogP contribution in [0.15, 0.2) is 0 Å². The molecule has 1 aliphatic rings. The van der Waals surface area contributed by atoms with Gasteiger partial charge in [0.05, 0.1) is 0 Å². The second-order valence-corrected chi connectivity index (χ2v) is 4.34. The van der Waals surface area contributed by atoms with Crippen molar-refractivity contribution in [2.75, 3.05) is 19.6 Å². The fraction of sp³-hybridized carbons (Fsp3) is 1.00. The molecule has 0 bridgehead atoms. The molecule has 0 aromatic heterocycles. The van der Waals surface area contributed by atoms with E-state index in [0.717, 1.165) is 6.54 Å². The van der Waals surface area contributed by atoms with Crippen molar-refractivity contribution in [1.29, 1.82) is 0 Å². The van der Waals surface area contributed by atoms with Gasteiger partial charge in [-0.3, -0.25) is 4.90 Å². The molecule has 1 aliphatic heterocycles. The first-order valence-corrected chi connectivity index (χ1v) is 5.08. The Labute approximate surface area is 76.3 Å². The second kappa shape index (κ2) is 3.75. The lowest BCUT2D eigenvalue weighted by Gasteiger charge is -2.45. The zero-order valence-corrected chi connectivity index (χ0v) is 8.85. The zero-order valence-electron chi connectivity index (χ0n) is 8.85. The highest BCUT2D eigenvalue weighted by molar-refractivity contribution is 4.91. The van der Waals surface area contributed by atoms with E-state index in [4.69, 9.17) is 0 Å². The van der Waals surface area contributed by atoms with Crippen LogP contribution >= 0.6 is 0 Å². The lowest BCUT2D eigenvalue weighted by Crippen LogP contribution is -2.61. The molecule has 1 heterocycles. The molecule has 0 amide bonds.